The maximum Gasteiger partial charge on any atom is 0.224 e. The average molecular weight is 291 g/mol. The lowest BCUT2D eigenvalue weighted by atomic mass is 10.1. The lowest BCUT2D eigenvalue weighted by Crippen LogP contribution is -2.22. The van der Waals surface area contributed by atoms with Crippen LogP contribution in [0.25, 0.3) is 0 Å². The summed E-state index contributed by atoms with van der Waals surface area (Å²) in [7, 11) is 3.44. The Morgan fingerprint density at radius 1 is 1.14 bits per heavy atom. The summed E-state index contributed by atoms with van der Waals surface area (Å²) in [5, 5.41) is 6.17. The van der Waals surface area contributed by atoms with Crippen molar-refractivity contribution in [2.75, 3.05) is 26.0 Å². The number of nitrogens with one attached hydrogen (secondary N) is 2. The van der Waals surface area contributed by atoms with Gasteiger partial charge >= 0.3 is 0 Å². The first-order chi connectivity index (χ1) is 10.0. The fraction of sp³-hybridized carbons (Fsp3) is 0.500. The number of carbonyl (C=O) groups excluding carboxylic acids is 2. The van der Waals surface area contributed by atoms with Gasteiger partial charge in [0.15, 0.2) is 0 Å². The van der Waals surface area contributed by atoms with E-state index in [-0.39, 0.29) is 11.8 Å². The summed E-state index contributed by atoms with van der Waals surface area (Å²) in [5.74, 6) is 0.000788. The zero-order valence-electron chi connectivity index (χ0n) is 13.1. The van der Waals surface area contributed by atoms with Crippen molar-refractivity contribution >= 4 is 17.5 Å². The van der Waals surface area contributed by atoms with Crippen LogP contribution in [0.5, 0.6) is 0 Å². The molecule has 0 aliphatic carbocycles. The van der Waals surface area contributed by atoms with E-state index in [1.165, 1.54) is 0 Å². The number of benzene rings is 1. The lowest BCUT2D eigenvalue weighted by Gasteiger charge is -2.12. The van der Waals surface area contributed by atoms with Gasteiger partial charge in [-0.3, -0.25) is 9.59 Å². The molecule has 0 unspecified atom stereocenters. The minimum absolute atomic E-state index is 0.0505. The van der Waals surface area contributed by atoms with Gasteiger partial charge in [-0.2, -0.15) is 0 Å². The number of para-hydroxylation sites is 1. The van der Waals surface area contributed by atoms with Gasteiger partial charge in [0.05, 0.1) is 0 Å². The fourth-order valence-electron chi connectivity index (χ4n) is 1.89. The Bertz CT molecular complexity index is 472. The summed E-state index contributed by atoms with van der Waals surface area (Å²) in [6, 6.07) is 7.75. The van der Waals surface area contributed by atoms with Crippen LogP contribution in [0.1, 0.15) is 31.7 Å². The first-order valence-corrected chi connectivity index (χ1v) is 7.33. The molecule has 0 bridgehead atoms. The number of hydrogen-bond donors (Lipinski definition) is 2. The summed E-state index contributed by atoms with van der Waals surface area (Å²) in [4.78, 5) is 24.9. The molecule has 1 aromatic rings. The molecule has 5 heteroatoms. The SMILES string of the molecule is CCNCc1ccccc1NC(=O)CCCC(=O)N(C)C. The second-order valence-electron chi connectivity index (χ2n) is 5.13. The van der Waals surface area contributed by atoms with Gasteiger partial charge in [0.1, 0.15) is 0 Å². The number of amides is 2. The Kier molecular flexibility index (Phi) is 7.46. The van der Waals surface area contributed by atoms with Crippen LogP contribution in [0.2, 0.25) is 0 Å². The molecule has 0 aliphatic rings. The molecular formula is C16H25N3O2. The number of rotatable bonds is 8. The minimum atomic E-state index is -0.0505. The van der Waals surface area contributed by atoms with Gasteiger partial charge in [0.2, 0.25) is 11.8 Å². The van der Waals surface area contributed by atoms with Gasteiger partial charge in [-0.05, 0) is 24.6 Å². The smallest absolute Gasteiger partial charge is 0.224 e. The average Bonchev–Trinajstić information content (AvgIpc) is 2.46. The third kappa shape index (κ3) is 6.40. The first kappa shape index (κ1) is 17.2. The van der Waals surface area contributed by atoms with Gasteiger partial charge in [-0.1, -0.05) is 25.1 Å². The van der Waals surface area contributed by atoms with Gasteiger partial charge in [-0.25, -0.2) is 0 Å². The predicted molar refractivity (Wildman–Crippen MR) is 85.0 cm³/mol. The van der Waals surface area contributed by atoms with E-state index in [0.29, 0.717) is 19.3 Å². The van der Waals surface area contributed by atoms with Crippen molar-refractivity contribution in [3.8, 4) is 0 Å². The largest absolute Gasteiger partial charge is 0.349 e. The van der Waals surface area contributed by atoms with Crippen molar-refractivity contribution in [2.24, 2.45) is 0 Å². The van der Waals surface area contributed by atoms with Gasteiger partial charge < -0.3 is 15.5 Å². The highest BCUT2D eigenvalue weighted by molar-refractivity contribution is 5.91. The van der Waals surface area contributed by atoms with Crippen molar-refractivity contribution in [1.82, 2.24) is 10.2 Å². The van der Waals surface area contributed by atoms with E-state index in [2.05, 4.69) is 10.6 Å². The molecule has 0 radical (unpaired) electrons. The van der Waals surface area contributed by atoms with Crippen molar-refractivity contribution in [2.45, 2.75) is 32.7 Å². The van der Waals surface area contributed by atoms with Crippen molar-refractivity contribution in [3.05, 3.63) is 29.8 Å². The van der Waals surface area contributed by atoms with Crippen molar-refractivity contribution < 1.29 is 9.59 Å². The maximum atomic E-state index is 11.9. The molecule has 2 N–H and O–H groups in total. The molecule has 2 amide bonds. The van der Waals surface area contributed by atoms with Gasteiger partial charge in [0, 0.05) is 39.2 Å². The molecule has 0 aliphatic heterocycles. The quantitative estimate of drug-likeness (QED) is 0.770. The lowest BCUT2D eigenvalue weighted by molar-refractivity contribution is -0.128. The Labute approximate surface area is 126 Å². The Morgan fingerprint density at radius 2 is 1.86 bits per heavy atom. The highest BCUT2D eigenvalue weighted by Gasteiger charge is 2.08. The minimum Gasteiger partial charge on any atom is -0.349 e. The van der Waals surface area contributed by atoms with Gasteiger partial charge in [0.25, 0.3) is 0 Å². The number of anilines is 1. The van der Waals surface area contributed by atoms with Crippen molar-refractivity contribution in [1.29, 1.82) is 0 Å². The Hall–Kier alpha value is -1.88. The summed E-state index contributed by atoms with van der Waals surface area (Å²) in [5.41, 5.74) is 1.90. The monoisotopic (exact) mass is 291 g/mol. The second-order valence-corrected chi connectivity index (χ2v) is 5.13. The molecule has 0 fully saturated rings. The zero-order chi connectivity index (χ0) is 15.7. The Morgan fingerprint density at radius 3 is 2.52 bits per heavy atom. The van der Waals surface area contributed by atoms with Crippen LogP contribution in [0.15, 0.2) is 24.3 Å². The molecule has 0 atom stereocenters. The van der Waals surface area contributed by atoms with Crippen LogP contribution in [0.3, 0.4) is 0 Å². The molecule has 5 nitrogen and oxygen atoms in total. The van der Waals surface area contributed by atoms with E-state index in [1.807, 2.05) is 31.2 Å². The van der Waals surface area contributed by atoms with Crippen LogP contribution in [-0.2, 0) is 16.1 Å². The molecule has 0 spiro atoms. The maximum absolute atomic E-state index is 11.9. The third-order valence-electron chi connectivity index (χ3n) is 3.15. The molecular weight excluding hydrogens is 266 g/mol. The van der Waals surface area contributed by atoms with Crippen LogP contribution < -0.4 is 10.6 Å². The number of carbonyl (C=O) groups is 2. The van der Waals surface area contributed by atoms with Crippen LogP contribution in [0, 0.1) is 0 Å². The van der Waals surface area contributed by atoms with Crippen LogP contribution in [-0.4, -0.2) is 37.4 Å². The van der Waals surface area contributed by atoms with E-state index >= 15 is 0 Å². The normalized spacial score (nSPS) is 10.2. The highest BCUT2D eigenvalue weighted by Crippen LogP contribution is 2.15. The highest BCUT2D eigenvalue weighted by atomic mass is 16.2. The molecule has 116 valence electrons. The van der Waals surface area contributed by atoms with E-state index in [4.69, 9.17) is 0 Å². The molecule has 0 aromatic heterocycles. The number of hydrogen-bond acceptors (Lipinski definition) is 3. The molecule has 0 saturated heterocycles. The van der Waals surface area contributed by atoms with Gasteiger partial charge in [-0.15, -0.1) is 0 Å². The van der Waals surface area contributed by atoms with Crippen LogP contribution in [0.4, 0.5) is 5.69 Å². The summed E-state index contributed by atoms with van der Waals surface area (Å²) < 4.78 is 0. The third-order valence-corrected chi connectivity index (χ3v) is 3.15. The molecule has 1 aromatic carbocycles. The van der Waals surface area contributed by atoms with E-state index in [1.54, 1.807) is 19.0 Å². The zero-order valence-corrected chi connectivity index (χ0v) is 13.1. The number of nitrogens with zero attached hydrogens (tertiary/aromatic N) is 1. The second kappa shape index (κ2) is 9.13. The molecule has 0 heterocycles. The summed E-state index contributed by atoms with van der Waals surface area (Å²) >= 11 is 0. The molecule has 0 saturated carbocycles. The fourth-order valence-corrected chi connectivity index (χ4v) is 1.89. The standard InChI is InChI=1S/C16H25N3O2/c1-4-17-12-13-8-5-6-9-14(13)18-15(20)10-7-11-16(21)19(2)3/h5-6,8-9,17H,4,7,10-12H2,1-3H3,(H,18,20). The first-order valence-electron chi connectivity index (χ1n) is 7.33. The van der Waals surface area contributed by atoms with Crippen molar-refractivity contribution in [3.63, 3.8) is 0 Å². The van der Waals surface area contributed by atoms with E-state index < -0.39 is 0 Å². The topological polar surface area (TPSA) is 61.4 Å². The summed E-state index contributed by atoms with van der Waals surface area (Å²) in [6.07, 6.45) is 1.33. The molecule has 21 heavy (non-hydrogen) atoms. The van der Waals surface area contributed by atoms with Crippen LogP contribution >= 0.6 is 0 Å². The van der Waals surface area contributed by atoms with E-state index in [0.717, 1.165) is 24.3 Å². The molecule has 1 rings (SSSR count). The predicted octanol–water partition coefficient (Wildman–Crippen LogP) is 1.99. The van der Waals surface area contributed by atoms with E-state index in [9.17, 15) is 9.59 Å². The summed E-state index contributed by atoms with van der Waals surface area (Å²) in [6.45, 7) is 3.66. The Balaban J connectivity index is 2.45.